The van der Waals surface area contributed by atoms with E-state index in [1.807, 2.05) is 19.2 Å². The Morgan fingerprint density at radius 1 is 1.38 bits per heavy atom. The first-order chi connectivity index (χ1) is 9.97. The number of nitrogens with zero attached hydrogens (tertiary/aromatic N) is 2. The van der Waals surface area contributed by atoms with Gasteiger partial charge >= 0.3 is 0 Å². The molecule has 4 nitrogen and oxygen atoms in total. The topological polar surface area (TPSA) is 46.4 Å². The monoisotopic (exact) mass is 303 g/mol. The third kappa shape index (κ3) is 3.95. The quantitative estimate of drug-likeness (QED) is 0.678. The van der Waals surface area contributed by atoms with Crippen LogP contribution in [0.5, 0.6) is 0 Å². The number of benzene rings is 1. The Labute approximate surface area is 129 Å². The molecule has 1 amide bonds. The van der Waals surface area contributed by atoms with Crippen LogP contribution < -0.4 is 5.43 Å². The molecule has 0 fully saturated rings. The van der Waals surface area contributed by atoms with Crippen LogP contribution in [-0.4, -0.2) is 16.7 Å². The van der Waals surface area contributed by atoms with Gasteiger partial charge in [0.05, 0.1) is 6.21 Å². The van der Waals surface area contributed by atoms with Crippen LogP contribution in [0, 0.1) is 6.92 Å². The summed E-state index contributed by atoms with van der Waals surface area (Å²) in [5, 5.41) is 4.50. The largest absolute Gasteiger partial charge is 0.349 e. The molecule has 1 N–H and O–H groups in total. The number of hydrogen-bond donors (Lipinski definition) is 1. The van der Waals surface area contributed by atoms with Gasteiger partial charge in [-0.1, -0.05) is 17.7 Å². The molecule has 1 heterocycles. The van der Waals surface area contributed by atoms with Gasteiger partial charge in [-0.25, -0.2) is 5.43 Å². The molecule has 21 heavy (non-hydrogen) atoms. The van der Waals surface area contributed by atoms with E-state index in [4.69, 9.17) is 11.6 Å². The Morgan fingerprint density at radius 2 is 2.14 bits per heavy atom. The number of rotatable bonds is 4. The highest BCUT2D eigenvalue weighted by Gasteiger charge is 2.05. The maximum atomic E-state index is 11.9. The van der Waals surface area contributed by atoms with Gasteiger partial charge in [0.15, 0.2) is 0 Å². The molecule has 0 saturated carbocycles. The summed E-state index contributed by atoms with van der Waals surface area (Å²) >= 11 is 5.85. The first-order valence-electron chi connectivity index (χ1n) is 6.75. The summed E-state index contributed by atoms with van der Waals surface area (Å²) in [4.78, 5) is 11.9. The number of nitrogens with one attached hydrogen (secondary N) is 1. The first-order valence-corrected chi connectivity index (χ1v) is 7.12. The van der Waals surface area contributed by atoms with Crippen molar-refractivity contribution < 1.29 is 4.79 Å². The predicted molar refractivity (Wildman–Crippen MR) is 86.1 cm³/mol. The number of hydrogen-bond acceptors (Lipinski definition) is 2. The average molecular weight is 304 g/mol. The molecule has 2 aromatic rings. The number of aromatic nitrogens is 1. The summed E-state index contributed by atoms with van der Waals surface area (Å²) < 4.78 is 2.15. The van der Waals surface area contributed by atoms with Gasteiger partial charge in [0, 0.05) is 34.1 Å². The van der Waals surface area contributed by atoms with E-state index in [2.05, 4.69) is 28.9 Å². The highest BCUT2D eigenvalue weighted by molar-refractivity contribution is 6.30. The number of hydrazone groups is 1. The van der Waals surface area contributed by atoms with Crippen molar-refractivity contribution in [3.05, 3.63) is 58.4 Å². The fourth-order valence-corrected chi connectivity index (χ4v) is 2.29. The minimum atomic E-state index is -0.284. The van der Waals surface area contributed by atoms with E-state index in [-0.39, 0.29) is 5.91 Å². The number of halogens is 1. The smallest absolute Gasteiger partial charge is 0.271 e. The zero-order valence-corrected chi connectivity index (χ0v) is 13.1. The van der Waals surface area contributed by atoms with Crippen molar-refractivity contribution >= 4 is 23.7 Å². The molecule has 2 rings (SSSR count). The van der Waals surface area contributed by atoms with Crippen molar-refractivity contribution in [2.24, 2.45) is 5.10 Å². The van der Waals surface area contributed by atoms with Crippen LogP contribution in [0.2, 0.25) is 5.02 Å². The Balaban J connectivity index is 2.02. The van der Waals surface area contributed by atoms with Crippen molar-refractivity contribution in [2.75, 3.05) is 0 Å². The van der Waals surface area contributed by atoms with E-state index in [1.54, 1.807) is 30.5 Å². The summed E-state index contributed by atoms with van der Waals surface area (Å²) in [6.07, 6.45) is 3.64. The summed E-state index contributed by atoms with van der Waals surface area (Å²) in [6.45, 7) is 6.28. The highest BCUT2D eigenvalue weighted by Crippen LogP contribution is 2.13. The van der Waals surface area contributed by atoms with Crippen molar-refractivity contribution in [2.45, 2.75) is 26.8 Å². The average Bonchev–Trinajstić information content (AvgIpc) is 2.80. The van der Waals surface area contributed by atoms with E-state index in [0.717, 1.165) is 11.3 Å². The minimum absolute atomic E-state index is 0.284. The Morgan fingerprint density at radius 3 is 2.76 bits per heavy atom. The molecule has 0 radical (unpaired) electrons. The van der Waals surface area contributed by atoms with Crippen molar-refractivity contribution in [1.82, 2.24) is 9.99 Å². The van der Waals surface area contributed by atoms with Crippen LogP contribution >= 0.6 is 11.6 Å². The maximum absolute atomic E-state index is 11.9. The molecular weight excluding hydrogens is 286 g/mol. The zero-order valence-electron chi connectivity index (χ0n) is 12.3. The van der Waals surface area contributed by atoms with Gasteiger partial charge in [-0.3, -0.25) is 4.79 Å². The van der Waals surface area contributed by atoms with Gasteiger partial charge in [-0.2, -0.15) is 5.10 Å². The second-order valence-electron chi connectivity index (χ2n) is 5.13. The van der Waals surface area contributed by atoms with E-state index in [1.165, 1.54) is 0 Å². The summed E-state index contributed by atoms with van der Waals surface area (Å²) in [5.74, 6) is -0.284. The molecule has 0 saturated heterocycles. The van der Waals surface area contributed by atoms with Crippen LogP contribution in [-0.2, 0) is 0 Å². The Kier molecular flexibility index (Phi) is 4.81. The summed E-state index contributed by atoms with van der Waals surface area (Å²) in [6, 6.07) is 9.16. The number of aryl methyl sites for hydroxylation is 1. The number of carbonyl (C=O) groups excluding carboxylic acids is 1. The summed E-state index contributed by atoms with van der Waals surface area (Å²) in [5.41, 5.74) is 5.09. The fourth-order valence-electron chi connectivity index (χ4n) is 2.10. The zero-order chi connectivity index (χ0) is 15.4. The van der Waals surface area contributed by atoms with Gasteiger partial charge in [0.2, 0.25) is 0 Å². The van der Waals surface area contributed by atoms with Crippen LogP contribution in [0.25, 0.3) is 0 Å². The lowest BCUT2D eigenvalue weighted by Crippen LogP contribution is -2.17. The van der Waals surface area contributed by atoms with Gasteiger partial charge < -0.3 is 4.57 Å². The van der Waals surface area contributed by atoms with Crippen molar-refractivity contribution in [3.63, 3.8) is 0 Å². The third-order valence-electron chi connectivity index (χ3n) is 3.09. The standard InChI is InChI=1S/C16H18ClN3O/c1-11(2)20-10-13(7-12(20)3)9-18-19-16(21)14-5-4-6-15(17)8-14/h4-11H,1-3H3,(H,19,21)/b18-9-. The first kappa shape index (κ1) is 15.3. The second-order valence-corrected chi connectivity index (χ2v) is 5.56. The van der Waals surface area contributed by atoms with Gasteiger partial charge in [-0.05, 0) is 45.0 Å². The lowest BCUT2D eigenvalue weighted by molar-refractivity contribution is 0.0955. The molecule has 0 atom stereocenters. The lowest BCUT2D eigenvalue weighted by Gasteiger charge is -2.08. The molecule has 5 heteroatoms. The molecule has 0 unspecified atom stereocenters. The third-order valence-corrected chi connectivity index (χ3v) is 3.33. The Bertz CT molecular complexity index is 674. The molecule has 0 spiro atoms. The SMILES string of the molecule is Cc1cc(/C=N\NC(=O)c2cccc(Cl)c2)cn1C(C)C. The van der Waals surface area contributed by atoms with Crippen molar-refractivity contribution in [3.8, 4) is 0 Å². The number of carbonyl (C=O) groups is 1. The molecule has 0 aliphatic rings. The second kappa shape index (κ2) is 6.59. The van der Waals surface area contributed by atoms with E-state index < -0.39 is 0 Å². The highest BCUT2D eigenvalue weighted by atomic mass is 35.5. The maximum Gasteiger partial charge on any atom is 0.271 e. The molecule has 1 aromatic carbocycles. The molecule has 110 valence electrons. The fraction of sp³-hybridized carbons (Fsp3) is 0.250. The number of amides is 1. The normalized spacial score (nSPS) is 11.3. The van der Waals surface area contributed by atoms with E-state index >= 15 is 0 Å². The predicted octanol–water partition coefficient (Wildman–Crippen LogP) is 3.79. The Hall–Kier alpha value is -2.07. The minimum Gasteiger partial charge on any atom is -0.349 e. The molecule has 0 aliphatic carbocycles. The molecule has 0 aliphatic heterocycles. The van der Waals surface area contributed by atoms with Crippen LogP contribution in [0.4, 0.5) is 0 Å². The van der Waals surface area contributed by atoms with Crippen LogP contribution in [0.3, 0.4) is 0 Å². The summed E-state index contributed by atoms with van der Waals surface area (Å²) in [7, 11) is 0. The molecule has 1 aromatic heterocycles. The van der Waals surface area contributed by atoms with Crippen molar-refractivity contribution in [1.29, 1.82) is 0 Å². The lowest BCUT2D eigenvalue weighted by atomic mass is 10.2. The van der Waals surface area contributed by atoms with Crippen LogP contribution in [0.15, 0.2) is 41.6 Å². The van der Waals surface area contributed by atoms with Gasteiger partial charge in [-0.15, -0.1) is 0 Å². The van der Waals surface area contributed by atoms with Gasteiger partial charge in [0.25, 0.3) is 5.91 Å². The molecule has 0 bridgehead atoms. The van der Waals surface area contributed by atoms with E-state index in [9.17, 15) is 4.79 Å². The van der Waals surface area contributed by atoms with Gasteiger partial charge in [0.1, 0.15) is 0 Å². The molecular formula is C16H18ClN3O. The van der Waals surface area contributed by atoms with E-state index in [0.29, 0.717) is 16.6 Å². The van der Waals surface area contributed by atoms with Crippen LogP contribution in [0.1, 0.15) is 41.5 Å².